The van der Waals surface area contributed by atoms with Crippen molar-refractivity contribution in [2.24, 2.45) is 23.2 Å². The van der Waals surface area contributed by atoms with Crippen LogP contribution in [-0.2, 0) is 19.1 Å². The molecular weight excluding hydrogens is 354 g/mol. The van der Waals surface area contributed by atoms with Crippen LogP contribution in [0.2, 0.25) is 0 Å². The summed E-state index contributed by atoms with van der Waals surface area (Å²) in [5.41, 5.74) is -0.165. The first-order valence-corrected chi connectivity index (χ1v) is 11.2. The smallest absolute Gasteiger partial charge is 0.308 e. The number of rotatable bonds is 15. The van der Waals surface area contributed by atoms with Crippen molar-refractivity contribution in [3.63, 3.8) is 0 Å². The minimum absolute atomic E-state index is 0.110. The minimum atomic E-state index is -0.192. The third-order valence-corrected chi connectivity index (χ3v) is 6.24. The summed E-state index contributed by atoms with van der Waals surface area (Å²) in [6.45, 7) is 20.2. The molecule has 5 nitrogen and oxygen atoms in total. The second-order valence-corrected chi connectivity index (χ2v) is 8.59. The van der Waals surface area contributed by atoms with E-state index in [1.54, 1.807) is 0 Å². The van der Waals surface area contributed by atoms with Crippen LogP contribution in [0, 0.1) is 23.2 Å². The lowest BCUT2D eigenvalue weighted by atomic mass is 9.68. The molecule has 5 heteroatoms. The van der Waals surface area contributed by atoms with Crippen molar-refractivity contribution >= 4 is 11.9 Å². The van der Waals surface area contributed by atoms with E-state index in [2.05, 4.69) is 46.4 Å². The quantitative estimate of drug-likeness (QED) is 0.289. The van der Waals surface area contributed by atoms with Crippen LogP contribution in [0.1, 0.15) is 81.1 Å². The van der Waals surface area contributed by atoms with Crippen LogP contribution in [0.3, 0.4) is 0 Å². The number of ether oxygens (including phenoxy) is 2. The van der Waals surface area contributed by atoms with Gasteiger partial charge in [-0.3, -0.25) is 9.59 Å². The normalized spacial score (nSPS) is 15.2. The Labute approximate surface area is 173 Å². The summed E-state index contributed by atoms with van der Waals surface area (Å²) in [7, 11) is 0. The standard InChI is InChI=1S/C23H45NO4/c1-9-13-15-27-21(25)18(5)19(6)23(7,8)17-20(10-2)22(26)28-16-14-24(11-3)12-4/h18-20H,9-17H2,1-8H3. The lowest BCUT2D eigenvalue weighted by molar-refractivity contribution is -0.152. The second kappa shape index (κ2) is 14.0. The van der Waals surface area contributed by atoms with Crippen molar-refractivity contribution in [1.82, 2.24) is 4.90 Å². The summed E-state index contributed by atoms with van der Waals surface area (Å²) in [5, 5.41) is 0. The molecule has 0 aromatic rings. The van der Waals surface area contributed by atoms with Gasteiger partial charge in [0.1, 0.15) is 6.61 Å². The van der Waals surface area contributed by atoms with Crippen LogP contribution >= 0.6 is 0 Å². The zero-order chi connectivity index (χ0) is 21.7. The van der Waals surface area contributed by atoms with E-state index >= 15 is 0 Å². The summed E-state index contributed by atoms with van der Waals surface area (Å²) in [5.74, 6) is -0.475. The Morgan fingerprint density at radius 1 is 0.929 bits per heavy atom. The van der Waals surface area contributed by atoms with Crippen LogP contribution in [0.4, 0.5) is 0 Å². The van der Waals surface area contributed by atoms with Gasteiger partial charge in [0.05, 0.1) is 18.4 Å². The second-order valence-electron chi connectivity index (χ2n) is 8.59. The van der Waals surface area contributed by atoms with E-state index < -0.39 is 0 Å². The van der Waals surface area contributed by atoms with Gasteiger partial charge in [-0.1, -0.05) is 61.8 Å². The summed E-state index contributed by atoms with van der Waals surface area (Å²) in [6, 6.07) is 0. The first kappa shape index (κ1) is 26.9. The van der Waals surface area contributed by atoms with Gasteiger partial charge >= 0.3 is 11.9 Å². The molecule has 0 aromatic carbocycles. The summed E-state index contributed by atoms with van der Waals surface area (Å²) in [4.78, 5) is 27.2. The third kappa shape index (κ3) is 9.40. The lowest BCUT2D eigenvalue weighted by Crippen LogP contribution is -2.36. The SMILES string of the molecule is CCCCOC(=O)C(C)C(C)C(C)(C)CC(CC)C(=O)OCCN(CC)CC. The molecule has 0 aromatic heterocycles. The van der Waals surface area contributed by atoms with Crippen LogP contribution in [-0.4, -0.2) is 49.7 Å². The van der Waals surface area contributed by atoms with E-state index in [9.17, 15) is 9.59 Å². The highest BCUT2D eigenvalue weighted by molar-refractivity contribution is 5.73. The zero-order valence-corrected chi connectivity index (χ0v) is 19.7. The van der Waals surface area contributed by atoms with Gasteiger partial charge in [0, 0.05) is 6.54 Å². The molecule has 0 radical (unpaired) electrons. The molecule has 3 unspecified atom stereocenters. The fourth-order valence-electron chi connectivity index (χ4n) is 3.48. The van der Waals surface area contributed by atoms with E-state index in [1.165, 1.54) is 0 Å². The summed E-state index contributed by atoms with van der Waals surface area (Å²) >= 11 is 0. The molecular formula is C23H45NO4. The lowest BCUT2D eigenvalue weighted by Gasteiger charge is -2.37. The zero-order valence-electron chi connectivity index (χ0n) is 19.7. The molecule has 0 bridgehead atoms. The van der Waals surface area contributed by atoms with Crippen LogP contribution in [0.15, 0.2) is 0 Å². The van der Waals surface area contributed by atoms with Gasteiger partial charge in [-0.2, -0.15) is 0 Å². The maximum Gasteiger partial charge on any atom is 0.308 e. The molecule has 0 spiro atoms. The Balaban J connectivity index is 4.73. The maximum atomic E-state index is 12.6. The first-order chi connectivity index (χ1) is 13.1. The van der Waals surface area contributed by atoms with Crippen LogP contribution in [0.25, 0.3) is 0 Å². The topological polar surface area (TPSA) is 55.8 Å². The fraction of sp³-hybridized carbons (Fsp3) is 0.913. The Morgan fingerprint density at radius 2 is 1.50 bits per heavy atom. The number of likely N-dealkylation sites (N-methyl/N-ethyl adjacent to an activating group) is 1. The average molecular weight is 400 g/mol. The van der Waals surface area contributed by atoms with Crippen LogP contribution in [0.5, 0.6) is 0 Å². The number of carbonyl (C=O) groups excluding carboxylic acids is 2. The van der Waals surface area contributed by atoms with Crippen molar-refractivity contribution in [3.8, 4) is 0 Å². The number of unbranched alkanes of at least 4 members (excludes halogenated alkanes) is 1. The Morgan fingerprint density at radius 3 is 2.00 bits per heavy atom. The van der Waals surface area contributed by atoms with E-state index in [4.69, 9.17) is 9.47 Å². The molecule has 0 aliphatic carbocycles. The highest BCUT2D eigenvalue weighted by Gasteiger charge is 2.37. The average Bonchev–Trinajstić information content (AvgIpc) is 2.68. The van der Waals surface area contributed by atoms with Crippen LogP contribution < -0.4 is 0 Å². The van der Waals surface area contributed by atoms with E-state index in [1.807, 2.05) is 13.8 Å². The molecule has 0 rings (SSSR count). The number of hydrogen-bond acceptors (Lipinski definition) is 5. The Kier molecular flexibility index (Phi) is 13.4. The Bertz CT molecular complexity index is 446. The van der Waals surface area contributed by atoms with Crippen molar-refractivity contribution in [2.75, 3.05) is 32.8 Å². The van der Waals surface area contributed by atoms with Crippen molar-refractivity contribution in [2.45, 2.75) is 81.1 Å². The highest BCUT2D eigenvalue weighted by Crippen LogP contribution is 2.39. The molecule has 0 heterocycles. The molecule has 3 atom stereocenters. The van der Waals surface area contributed by atoms with Gasteiger partial charge < -0.3 is 14.4 Å². The largest absolute Gasteiger partial charge is 0.465 e. The maximum absolute atomic E-state index is 12.6. The van der Waals surface area contributed by atoms with Gasteiger partial charge in [0.25, 0.3) is 0 Å². The molecule has 28 heavy (non-hydrogen) atoms. The van der Waals surface area contributed by atoms with Gasteiger partial charge in [-0.25, -0.2) is 0 Å². The molecule has 0 fully saturated rings. The minimum Gasteiger partial charge on any atom is -0.465 e. The highest BCUT2D eigenvalue weighted by atomic mass is 16.5. The van der Waals surface area contributed by atoms with E-state index in [0.717, 1.165) is 38.9 Å². The molecule has 0 aliphatic rings. The number of hydrogen-bond donors (Lipinski definition) is 0. The number of carbonyl (C=O) groups is 2. The number of esters is 2. The first-order valence-electron chi connectivity index (χ1n) is 11.2. The summed E-state index contributed by atoms with van der Waals surface area (Å²) < 4.78 is 11.0. The van der Waals surface area contributed by atoms with Crippen molar-refractivity contribution < 1.29 is 19.1 Å². The molecule has 0 saturated carbocycles. The third-order valence-electron chi connectivity index (χ3n) is 6.24. The van der Waals surface area contributed by atoms with Gasteiger partial charge in [-0.15, -0.1) is 0 Å². The Hall–Kier alpha value is -1.10. The predicted octanol–water partition coefficient (Wildman–Crippen LogP) is 4.93. The number of nitrogens with zero attached hydrogens (tertiary/aromatic N) is 1. The van der Waals surface area contributed by atoms with E-state index in [0.29, 0.717) is 19.6 Å². The van der Waals surface area contributed by atoms with E-state index in [-0.39, 0.29) is 35.1 Å². The monoisotopic (exact) mass is 399 g/mol. The van der Waals surface area contributed by atoms with Gasteiger partial charge in [-0.05, 0) is 43.7 Å². The fourth-order valence-corrected chi connectivity index (χ4v) is 3.48. The van der Waals surface area contributed by atoms with Crippen molar-refractivity contribution in [3.05, 3.63) is 0 Å². The molecule has 166 valence electrons. The predicted molar refractivity (Wildman–Crippen MR) is 115 cm³/mol. The van der Waals surface area contributed by atoms with Gasteiger partial charge in [0.15, 0.2) is 0 Å². The molecule has 0 aliphatic heterocycles. The van der Waals surface area contributed by atoms with Crippen molar-refractivity contribution in [1.29, 1.82) is 0 Å². The summed E-state index contributed by atoms with van der Waals surface area (Å²) in [6.07, 6.45) is 3.36. The molecule has 0 amide bonds. The molecule has 0 N–H and O–H groups in total. The molecule has 0 saturated heterocycles. The van der Waals surface area contributed by atoms with Gasteiger partial charge in [0.2, 0.25) is 0 Å².